The number of aromatic nitrogens is 2. The van der Waals surface area contributed by atoms with Crippen molar-refractivity contribution in [3.8, 4) is 0 Å². The number of fused-ring (bicyclic) bond motifs is 1. The second-order valence-electron chi connectivity index (χ2n) is 7.06. The quantitative estimate of drug-likeness (QED) is 0.846. The van der Waals surface area contributed by atoms with Gasteiger partial charge < -0.3 is 10.0 Å². The van der Waals surface area contributed by atoms with Gasteiger partial charge in [-0.2, -0.15) is 5.10 Å². The van der Waals surface area contributed by atoms with Crippen molar-refractivity contribution in [1.82, 2.24) is 14.7 Å². The van der Waals surface area contributed by atoms with Crippen LogP contribution in [0.2, 0.25) is 0 Å². The van der Waals surface area contributed by atoms with Gasteiger partial charge in [-0.15, -0.1) is 0 Å². The lowest BCUT2D eigenvalue weighted by atomic mass is 10.0. The first-order valence-corrected chi connectivity index (χ1v) is 10.6. The van der Waals surface area contributed by atoms with Gasteiger partial charge in [-0.1, -0.05) is 12.8 Å². The van der Waals surface area contributed by atoms with E-state index in [0.717, 1.165) is 24.8 Å². The summed E-state index contributed by atoms with van der Waals surface area (Å²) >= 11 is 0. The largest absolute Gasteiger partial charge is 0.386 e. The summed E-state index contributed by atoms with van der Waals surface area (Å²) in [6, 6.07) is 1.71. The number of hydrogen-bond acceptors (Lipinski definition) is 5. The van der Waals surface area contributed by atoms with Gasteiger partial charge in [0.2, 0.25) is 5.91 Å². The predicted octanol–water partition coefficient (Wildman–Crippen LogP) is 0.884. The van der Waals surface area contributed by atoms with Gasteiger partial charge in [-0.25, -0.2) is 8.42 Å². The summed E-state index contributed by atoms with van der Waals surface area (Å²) in [4.78, 5) is 14.3. The van der Waals surface area contributed by atoms with Crippen LogP contribution in [0.1, 0.15) is 49.6 Å². The van der Waals surface area contributed by atoms with Crippen molar-refractivity contribution in [3.63, 3.8) is 0 Å². The molecule has 0 bridgehead atoms. The standard InChI is InChI=1S/C16H25N3O4S/c1-24(22,23)11-15(20)14-9-13-10-18(6-7-19(13)17-14)16(21)8-12-4-2-3-5-12/h9,12,15,20H,2-8,10-11H2,1H3. The molecule has 1 atom stereocenters. The molecule has 0 saturated heterocycles. The molecule has 0 aromatic carbocycles. The summed E-state index contributed by atoms with van der Waals surface area (Å²) in [7, 11) is -3.27. The minimum atomic E-state index is -3.27. The SMILES string of the molecule is CS(=O)(=O)CC(O)c1cc2n(n1)CCN(C(=O)CC1CCCC1)C2. The van der Waals surface area contributed by atoms with E-state index in [2.05, 4.69) is 5.10 Å². The third-order valence-electron chi connectivity index (χ3n) is 4.91. The summed E-state index contributed by atoms with van der Waals surface area (Å²) < 4.78 is 24.4. The van der Waals surface area contributed by atoms with Crippen LogP contribution >= 0.6 is 0 Å². The first-order chi connectivity index (χ1) is 11.3. The number of hydrogen-bond donors (Lipinski definition) is 1. The van der Waals surface area contributed by atoms with Gasteiger partial charge in [0.1, 0.15) is 15.9 Å². The van der Waals surface area contributed by atoms with Crippen molar-refractivity contribution < 1.29 is 18.3 Å². The summed E-state index contributed by atoms with van der Waals surface area (Å²) in [5.74, 6) is 0.373. The second kappa shape index (κ2) is 6.84. The first kappa shape index (κ1) is 17.4. The maximum Gasteiger partial charge on any atom is 0.223 e. The number of sulfone groups is 1. The molecule has 0 radical (unpaired) electrons. The van der Waals surface area contributed by atoms with E-state index in [9.17, 15) is 18.3 Å². The third-order valence-corrected chi connectivity index (χ3v) is 5.83. The van der Waals surface area contributed by atoms with Gasteiger partial charge in [0.25, 0.3) is 0 Å². The molecule has 24 heavy (non-hydrogen) atoms. The van der Waals surface area contributed by atoms with Crippen LogP contribution in [0.3, 0.4) is 0 Å². The normalized spacial score (nSPS) is 20.2. The Bertz CT molecular complexity index is 707. The lowest BCUT2D eigenvalue weighted by Gasteiger charge is -2.28. The summed E-state index contributed by atoms with van der Waals surface area (Å²) in [6.45, 7) is 1.67. The van der Waals surface area contributed by atoms with E-state index in [1.807, 2.05) is 4.90 Å². The van der Waals surface area contributed by atoms with E-state index < -0.39 is 15.9 Å². The fourth-order valence-corrected chi connectivity index (χ4v) is 4.37. The minimum Gasteiger partial charge on any atom is -0.386 e. The number of nitrogens with zero attached hydrogens (tertiary/aromatic N) is 3. The van der Waals surface area contributed by atoms with Gasteiger partial charge in [0.05, 0.1) is 30.2 Å². The van der Waals surface area contributed by atoms with Gasteiger partial charge in [0.15, 0.2) is 0 Å². The Morgan fingerprint density at radius 2 is 2.08 bits per heavy atom. The number of rotatable bonds is 5. The van der Waals surface area contributed by atoms with Crippen molar-refractivity contribution in [2.24, 2.45) is 5.92 Å². The van der Waals surface area contributed by atoms with E-state index in [1.165, 1.54) is 12.8 Å². The van der Waals surface area contributed by atoms with Crippen molar-refractivity contribution in [2.75, 3.05) is 18.6 Å². The van der Waals surface area contributed by atoms with E-state index in [1.54, 1.807) is 10.7 Å². The van der Waals surface area contributed by atoms with Crippen molar-refractivity contribution in [2.45, 2.75) is 51.3 Å². The maximum atomic E-state index is 12.5. The highest BCUT2D eigenvalue weighted by Crippen LogP contribution is 2.29. The molecule has 2 aliphatic rings. The van der Waals surface area contributed by atoms with E-state index >= 15 is 0 Å². The van der Waals surface area contributed by atoms with Crippen LogP contribution in [-0.4, -0.2) is 52.7 Å². The first-order valence-electron chi connectivity index (χ1n) is 8.52. The highest BCUT2D eigenvalue weighted by molar-refractivity contribution is 7.90. The number of amides is 1. The molecule has 2 heterocycles. The number of aliphatic hydroxyl groups is 1. The lowest BCUT2D eigenvalue weighted by Crippen LogP contribution is -2.38. The Kier molecular flexibility index (Phi) is 4.96. The van der Waals surface area contributed by atoms with Crippen molar-refractivity contribution in [3.05, 3.63) is 17.5 Å². The van der Waals surface area contributed by atoms with Crippen LogP contribution in [0.25, 0.3) is 0 Å². The number of aliphatic hydroxyl groups excluding tert-OH is 1. The zero-order valence-corrected chi connectivity index (χ0v) is 14.8. The Morgan fingerprint density at radius 3 is 2.75 bits per heavy atom. The van der Waals surface area contributed by atoms with Crippen LogP contribution in [-0.2, 0) is 27.7 Å². The van der Waals surface area contributed by atoms with Crippen LogP contribution in [0.5, 0.6) is 0 Å². The molecule has 1 aliphatic heterocycles. The Morgan fingerprint density at radius 1 is 1.38 bits per heavy atom. The molecule has 1 aromatic heterocycles. The van der Waals surface area contributed by atoms with E-state index in [-0.39, 0.29) is 11.7 Å². The molecule has 0 spiro atoms. The van der Waals surface area contributed by atoms with Crippen molar-refractivity contribution >= 4 is 15.7 Å². The molecular weight excluding hydrogens is 330 g/mol. The van der Waals surface area contributed by atoms with E-state index in [0.29, 0.717) is 37.7 Å². The zero-order chi connectivity index (χ0) is 17.3. The topological polar surface area (TPSA) is 92.5 Å². The van der Waals surface area contributed by atoms with Gasteiger partial charge in [-0.3, -0.25) is 9.48 Å². The Labute approximate surface area is 142 Å². The summed E-state index contributed by atoms with van der Waals surface area (Å²) in [5, 5.41) is 14.3. The molecule has 1 saturated carbocycles. The molecule has 1 unspecified atom stereocenters. The molecule has 7 nitrogen and oxygen atoms in total. The van der Waals surface area contributed by atoms with Crippen LogP contribution in [0.15, 0.2) is 6.07 Å². The zero-order valence-electron chi connectivity index (χ0n) is 14.0. The number of carbonyl (C=O) groups is 1. The molecule has 1 amide bonds. The third kappa shape index (κ3) is 4.16. The number of carbonyl (C=O) groups excluding carboxylic acids is 1. The lowest BCUT2D eigenvalue weighted by molar-refractivity contribution is -0.133. The van der Waals surface area contributed by atoms with Crippen LogP contribution in [0, 0.1) is 5.92 Å². The monoisotopic (exact) mass is 355 g/mol. The Balaban J connectivity index is 1.64. The molecular formula is C16H25N3O4S. The predicted molar refractivity (Wildman–Crippen MR) is 88.9 cm³/mol. The molecule has 1 N–H and O–H groups in total. The average Bonchev–Trinajstić information content (AvgIpc) is 3.13. The molecule has 3 rings (SSSR count). The fourth-order valence-electron chi connectivity index (χ4n) is 3.63. The highest BCUT2D eigenvalue weighted by Gasteiger charge is 2.27. The molecule has 1 aliphatic carbocycles. The maximum absolute atomic E-state index is 12.5. The smallest absolute Gasteiger partial charge is 0.223 e. The van der Waals surface area contributed by atoms with Gasteiger partial charge >= 0.3 is 0 Å². The summed E-state index contributed by atoms with van der Waals surface area (Å²) in [5.41, 5.74) is 1.21. The van der Waals surface area contributed by atoms with Crippen LogP contribution in [0.4, 0.5) is 0 Å². The minimum absolute atomic E-state index is 0.188. The fraction of sp³-hybridized carbons (Fsp3) is 0.750. The van der Waals surface area contributed by atoms with Crippen LogP contribution < -0.4 is 0 Å². The molecule has 134 valence electrons. The second-order valence-corrected chi connectivity index (χ2v) is 9.25. The average molecular weight is 355 g/mol. The molecule has 1 fully saturated rings. The highest BCUT2D eigenvalue weighted by atomic mass is 32.2. The van der Waals surface area contributed by atoms with E-state index in [4.69, 9.17) is 0 Å². The molecule has 1 aromatic rings. The van der Waals surface area contributed by atoms with Gasteiger partial charge in [0, 0.05) is 19.2 Å². The molecule has 8 heteroatoms. The van der Waals surface area contributed by atoms with Gasteiger partial charge in [-0.05, 0) is 24.8 Å². The Hall–Kier alpha value is -1.41. The summed E-state index contributed by atoms with van der Waals surface area (Å²) in [6.07, 6.45) is 5.35. The van der Waals surface area contributed by atoms with Crippen molar-refractivity contribution in [1.29, 1.82) is 0 Å².